The summed E-state index contributed by atoms with van der Waals surface area (Å²) in [7, 11) is 1.44. The number of benzene rings is 1. The van der Waals surface area contributed by atoms with Crippen molar-refractivity contribution < 1.29 is 14.3 Å². The van der Waals surface area contributed by atoms with Crippen molar-refractivity contribution in [1.82, 2.24) is 9.80 Å². The first-order chi connectivity index (χ1) is 13.0. The molecule has 1 amide bonds. The van der Waals surface area contributed by atoms with Crippen LogP contribution in [0.2, 0.25) is 0 Å². The average molecular weight is 373 g/mol. The van der Waals surface area contributed by atoms with Gasteiger partial charge in [-0.05, 0) is 44.6 Å². The molecule has 2 aliphatic rings. The number of amides is 1. The second kappa shape index (κ2) is 8.87. The molecule has 5 nitrogen and oxygen atoms in total. The zero-order valence-electron chi connectivity index (χ0n) is 16.8. The Labute approximate surface area is 162 Å². The third-order valence-electron chi connectivity index (χ3n) is 6.15. The largest absolute Gasteiger partial charge is 0.468 e. The van der Waals surface area contributed by atoms with Gasteiger partial charge in [0.15, 0.2) is 0 Å². The van der Waals surface area contributed by atoms with E-state index in [4.69, 9.17) is 4.74 Å². The molecule has 148 valence electrons. The number of carbonyl (C=O) groups is 2. The van der Waals surface area contributed by atoms with Crippen molar-refractivity contribution in [2.75, 3.05) is 13.7 Å². The molecule has 0 aromatic heterocycles. The molecule has 1 aliphatic carbocycles. The molecule has 1 aliphatic heterocycles. The molecule has 1 heterocycles. The highest BCUT2D eigenvalue weighted by molar-refractivity contribution is 5.81. The van der Waals surface area contributed by atoms with Crippen molar-refractivity contribution in [2.24, 2.45) is 5.92 Å². The van der Waals surface area contributed by atoms with Gasteiger partial charge in [0, 0.05) is 18.6 Å². The first-order valence-electron chi connectivity index (χ1n) is 10.2. The fraction of sp³-hybridized carbons (Fsp3) is 0.636. The molecule has 3 atom stereocenters. The normalized spacial score (nSPS) is 25.3. The SMILES string of the molecule is COC(=O)C1CC2CCCCC2N1CC(=O)N(Cc1ccccc1)C(C)C. The fourth-order valence-electron chi connectivity index (χ4n) is 4.73. The summed E-state index contributed by atoms with van der Waals surface area (Å²) in [5.74, 6) is 0.405. The van der Waals surface area contributed by atoms with Crippen molar-refractivity contribution in [3.63, 3.8) is 0 Å². The Bertz CT molecular complexity index is 646. The van der Waals surface area contributed by atoms with E-state index in [1.807, 2.05) is 49.1 Å². The van der Waals surface area contributed by atoms with Crippen LogP contribution in [0.1, 0.15) is 51.5 Å². The van der Waals surface area contributed by atoms with Crippen LogP contribution in [0.4, 0.5) is 0 Å². The molecule has 1 aromatic rings. The van der Waals surface area contributed by atoms with Crippen LogP contribution in [0, 0.1) is 5.92 Å². The van der Waals surface area contributed by atoms with Crippen LogP contribution >= 0.6 is 0 Å². The minimum absolute atomic E-state index is 0.0916. The van der Waals surface area contributed by atoms with Gasteiger partial charge < -0.3 is 9.64 Å². The number of carbonyl (C=O) groups excluding carboxylic acids is 2. The van der Waals surface area contributed by atoms with Gasteiger partial charge in [-0.2, -0.15) is 0 Å². The second-order valence-corrected chi connectivity index (χ2v) is 8.16. The zero-order valence-corrected chi connectivity index (χ0v) is 16.8. The summed E-state index contributed by atoms with van der Waals surface area (Å²) in [4.78, 5) is 29.6. The zero-order chi connectivity index (χ0) is 19.4. The Kier molecular flexibility index (Phi) is 6.53. The first-order valence-corrected chi connectivity index (χ1v) is 10.2. The summed E-state index contributed by atoms with van der Waals surface area (Å²) < 4.78 is 5.05. The maximum atomic E-state index is 13.2. The number of nitrogens with zero attached hydrogens (tertiary/aromatic N) is 2. The molecule has 27 heavy (non-hydrogen) atoms. The lowest BCUT2D eigenvalue weighted by molar-refractivity contribution is -0.148. The van der Waals surface area contributed by atoms with E-state index in [2.05, 4.69) is 4.90 Å². The van der Waals surface area contributed by atoms with Crippen LogP contribution < -0.4 is 0 Å². The van der Waals surface area contributed by atoms with Crippen molar-refractivity contribution in [1.29, 1.82) is 0 Å². The number of hydrogen-bond donors (Lipinski definition) is 0. The van der Waals surface area contributed by atoms with E-state index in [0.29, 0.717) is 25.0 Å². The van der Waals surface area contributed by atoms with E-state index in [1.54, 1.807) is 0 Å². The second-order valence-electron chi connectivity index (χ2n) is 8.16. The van der Waals surface area contributed by atoms with E-state index >= 15 is 0 Å². The molecule has 0 spiro atoms. The lowest BCUT2D eigenvalue weighted by Gasteiger charge is -2.35. The Morgan fingerprint density at radius 1 is 1.19 bits per heavy atom. The van der Waals surface area contributed by atoms with Gasteiger partial charge in [-0.1, -0.05) is 43.2 Å². The van der Waals surface area contributed by atoms with E-state index < -0.39 is 0 Å². The van der Waals surface area contributed by atoms with E-state index in [1.165, 1.54) is 20.0 Å². The predicted octanol–water partition coefficient (Wildman–Crippen LogP) is 3.23. The fourth-order valence-corrected chi connectivity index (χ4v) is 4.73. The van der Waals surface area contributed by atoms with Crippen LogP contribution in [-0.4, -0.2) is 53.5 Å². The Morgan fingerprint density at radius 3 is 2.56 bits per heavy atom. The van der Waals surface area contributed by atoms with Gasteiger partial charge in [0.25, 0.3) is 0 Å². The Balaban J connectivity index is 1.74. The molecule has 2 fully saturated rings. The molecule has 3 unspecified atom stereocenters. The van der Waals surface area contributed by atoms with Gasteiger partial charge >= 0.3 is 5.97 Å². The smallest absolute Gasteiger partial charge is 0.323 e. The number of hydrogen-bond acceptors (Lipinski definition) is 4. The summed E-state index contributed by atoms with van der Waals surface area (Å²) in [6.07, 6.45) is 5.46. The van der Waals surface area contributed by atoms with E-state index in [0.717, 1.165) is 24.8 Å². The lowest BCUT2D eigenvalue weighted by atomic mass is 9.85. The van der Waals surface area contributed by atoms with E-state index in [9.17, 15) is 9.59 Å². The van der Waals surface area contributed by atoms with Crippen molar-refractivity contribution >= 4 is 11.9 Å². The summed E-state index contributed by atoms with van der Waals surface area (Å²) in [5, 5.41) is 0. The topological polar surface area (TPSA) is 49.9 Å². The van der Waals surface area contributed by atoms with Crippen molar-refractivity contribution in [3.05, 3.63) is 35.9 Å². The van der Waals surface area contributed by atoms with Gasteiger partial charge in [0.2, 0.25) is 5.91 Å². The minimum Gasteiger partial charge on any atom is -0.468 e. The maximum absolute atomic E-state index is 13.2. The van der Waals surface area contributed by atoms with Crippen molar-refractivity contribution in [2.45, 2.75) is 70.6 Å². The minimum atomic E-state index is -0.280. The third-order valence-corrected chi connectivity index (χ3v) is 6.15. The van der Waals surface area contributed by atoms with Crippen LogP contribution in [-0.2, 0) is 20.9 Å². The van der Waals surface area contributed by atoms with Crippen LogP contribution in [0.25, 0.3) is 0 Å². The van der Waals surface area contributed by atoms with Crippen LogP contribution in [0.15, 0.2) is 30.3 Å². The number of methoxy groups -OCH3 is 1. The number of fused-ring (bicyclic) bond motifs is 1. The summed E-state index contributed by atoms with van der Waals surface area (Å²) >= 11 is 0. The Morgan fingerprint density at radius 2 is 1.89 bits per heavy atom. The molecule has 3 rings (SSSR count). The molecule has 0 N–H and O–H groups in total. The van der Waals surface area contributed by atoms with Crippen LogP contribution in [0.3, 0.4) is 0 Å². The van der Waals surface area contributed by atoms with Gasteiger partial charge in [-0.25, -0.2) is 0 Å². The molecule has 1 saturated carbocycles. The first kappa shape index (κ1) is 19.9. The van der Waals surface area contributed by atoms with Gasteiger partial charge in [0.1, 0.15) is 6.04 Å². The number of rotatable bonds is 6. The standard InChI is InChI=1S/C22H32N2O3/c1-16(2)23(14-17-9-5-4-6-10-17)21(25)15-24-19-12-8-7-11-18(19)13-20(24)22(26)27-3/h4-6,9-10,16,18-20H,7-8,11-15H2,1-3H3. The third kappa shape index (κ3) is 4.52. The highest BCUT2D eigenvalue weighted by atomic mass is 16.5. The molecule has 1 saturated heterocycles. The average Bonchev–Trinajstić information content (AvgIpc) is 3.04. The lowest BCUT2D eigenvalue weighted by Crippen LogP contribution is -2.50. The monoisotopic (exact) mass is 372 g/mol. The predicted molar refractivity (Wildman–Crippen MR) is 105 cm³/mol. The summed E-state index contributed by atoms with van der Waals surface area (Å²) in [5.41, 5.74) is 1.13. The summed E-state index contributed by atoms with van der Waals surface area (Å²) in [6, 6.07) is 10.2. The highest BCUT2D eigenvalue weighted by Crippen LogP contribution is 2.40. The Hall–Kier alpha value is -1.88. The molecule has 0 radical (unpaired) electrons. The molecule has 1 aromatic carbocycles. The van der Waals surface area contributed by atoms with E-state index in [-0.39, 0.29) is 24.0 Å². The van der Waals surface area contributed by atoms with Gasteiger partial charge in [0.05, 0.1) is 13.7 Å². The molecule has 5 heteroatoms. The molecular formula is C22H32N2O3. The highest BCUT2D eigenvalue weighted by Gasteiger charge is 2.46. The van der Waals surface area contributed by atoms with Gasteiger partial charge in [-0.3, -0.25) is 14.5 Å². The van der Waals surface area contributed by atoms with Crippen molar-refractivity contribution in [3.8, 4) is 0 Å². The molecule has 0 bridgehead atoms. The number of ether oxygens (including phenoxy) is 1. The van der Waals surface area contributed by atoms with Crippen LogP contribution in [0.5, 0.6) is 0 Å². The number of esters is 1. The number of likely N-dealkylation sites (tertiary alicyclic amines) is 1. The maximum Gasteiger partial charge on any atom is 0.323 e. The molecular weight excluding hydrogens is 340 g/mol. The van der Waals surface area contributed by atoms with Gasteiger partial charge in [-0.15, -0.1) is 0 Å². The quantitative estimate of drug-likeness (QED) is 0.720. The summed E-state index contributed by atoms with van der Waals surface area (Å²) in [6.45, 7) is 4.99.